The molecule has 1 unspecified atom stereocenters. The van der Waals surface area contributed by atoms with Crippen LogP contribution in [-0.2, 0) is 22.4 Å². The first-order chi connectivity index (χ1) is 16.1. The van der Waals surface area contributed by atoms with Crippen molar-refractivity contribution in [2.24, 2.45) is 0 Å². The van der Waals surface area contributed by atoms with Crippen molar-refractivity contribution in [2.75, 3.05) is 20.3 Å². The molecule has 0 spiro atoms. The summed E-state index contributed by atoms with van der Waals surface area (Å²) in [6.45, 7) is 4.93. The zero-order valence-corrected chi connectivity index (χ0v) is 18.9. The average Bonchev–Trinajstić information content (AvgIpc) is 2.84. The minimum Gasteiger partial charge on any atom is -0.493 e. The standard InChI is InChI=1S/C28H30O5/c1-3-8-24-20-23(22-9-5-4-6-10-22)13-16-26(24)33-18-7-17-32-25-14-11-21(12-15-25)19-27(31-2)28(29)30/h3-6,9-16,20,27H,1,7-8,17-19H2,2H3,(H,29,30). The molecule has 0 saturated carbocycles. The summed E-state index contributed by atoms with van der Waals surface area (Å²) < 4.78 is 16.8. The molecule has 0 aromatic heterocycles. The average molecular weight is 447 g/mol. The van der Waals surface area contributed by atoms with Gasteiger partial charge in [0.1, 0.15) is 11.5 Å². The van der Waals surface area contributed by atoms with Crippen LogP contribution in [-0.4, -0.2) is 37.5 Å². The highest BCUT2D eigenvalue weighted by Crippen LogP contribution is 2.27. The van der Waals surface area contributed by atoms with Crippen molar-refractivity contribution in [1.29, 1.82) is 0 Å². The van der Waals surface area contributed by atoms with Crippen molar-refractivity contribution in [3.8, 4) is 22.6 Å². The first kappa shape index (κ1) is 24.1. The number of rotatable bonds is 13. The number of benzene rings is 3. The number of methoxy groups -OCH3 is 1. The first-order valence-electron chi connectivity index (χ1n) is 11.0. The number of ether oxygens (including phenoxy) is 3. The summed E-state index contributed by atoms with van der Waals surface area (Å²) in [5.74, 6) is 0.636. The van der Waals surface area contributed by atoms with Crippen LogP contribution in [0.3, 0.4) is 0 Å². The van der Waals surface area contributed by atoms with Gasteiger partial charge in [-0.2, -0.15) is 0 Å². The van der Waals surface area contributed by atoms with Gasteiger partial charge in [0.05, 0.1) is 13.2 Å². The van der Waals surface area contributed by atoms with Crippen LogP contribution in [0.1, 0.15) is 17.5 Å². The Bertz CT molecular complexity index is 1030. The maximum atomic E-state index is 11.1. The van der Waals surface area contributed by atoms with E-state index in [2.05, 4.69) is 30.8 Å². The number of carboxylic acid groups (broad SMARTS) is 1. The third-order valence-electron chi connectivity index (χ3n) is 5.25. The molecule has 5 heteroatoms. The molecule has 5 nitrogen and oxygen atoms in total. The molecule has 1 atom stereocenters. The fourth-order valence-corrected chi connectivity index (χ4v) is 3.48. The highest BCUT2D eigenvalue weighted by atomic mass is 16.5. The SMILES string of the molecule is C=CCc1cc(-c2ccccc2)ccc1OCCCOc1ccc(CC(OC)C(=O)O)cc1. The molecule has 0 heterocycles. The van der Waals surface area contributed by atoms with Crippen molar-refractivity contribution in [3.05, 3.63) is 96.6 Å². The molecule has 0 radical (unpaired) electrons. The lowest BCUT2D eigenvalue weighted by molar-refractivity contribution is -0.148. The van der Waals surface area contributed by atoms with Crippen LogP contribution in [0.25, 0.3) is 11.1 Å². The van der Waals surface area contributed by atoms with Crippen LogP contribution >= 0.6 is 0 Å². The summed E-state index contributed by atoms with van der Waals surface area (Å²) in [5.41, 5.74) is 4.33. The molecule has 3 rings (SSSR count). The van der Waals surface area contributed by atoms with E-state index in [9.17, 15) is 4.79 Å². The van der Waals surface area contributed by atoms with Crippen molar-refractivity contribution in [3.63, 3.8) is 0 Å². The zero-order chi connectivity index (χ0) is 23.5. The molecule has 172 valence electrons. The number of carboxylic acids is 1. The Kier molecular flexibility index (Phi) is 9.09. The van der Waals surface area contributed by atoms with Gasteiger partial charge in [0.15, 0.2) is 6.10 Å². The Hall–Kier alpha value is -3.57. The first-order valence-corrected chi connectivity index (χ1v) is 11.0. The van der Waals surface area contributed by atoms with E-state index in [0.717, 1.165) is 41.0 Å². The Morgan fingerprint density at radius 1 is 0.970 bits per heavy atom. The van der Waals surface area contributed by atoms with Gasteiger partial charge in [0, 0.05) is 20.0 Å². The van der Waals surface area contributed by atoms with E-state index >= 15 is 0 Å². The lowest BCUT2D eigenvalue weighted by atomic mass is 10.0. The number of aliphatic carboxylic acids is 1. The second-order valence-electron chi connectivity index (χ2n) is 7.64. The largest absolute Gasteiger partial charge is 0.493 e. The maximum absolute atomic E-state index is 11.1. The summed E-state index contributed by atoms with van der Waals surface area (Å²) in [4.78, 5) is 11.1. The lowest BCUT2D eigenvalue weighted by Gasteiger charge is -2.13. The third kappa shape index (κ3) is 7.22. The number of carbonyl (C=O) groups is 1. The smallest absolute Gasteiger partial charge is 0.333 e. The molecule has 0 aliphatic rings. The number of hydrogen-bond acceptors (Lipinski definition) is 4. The molecule has 0 aliphatic heterocycles. The Morgan fingerprint density at radius 2 is 1.70 bits per heavy atom. The number of allylic oxidation sites excluding steroid dienone is 1. The summed E-state index contributed by atoms with van der Waals surface area (Å²) in [6.07, 6.45) is 2.83. The van der Waals surface area contributed by atoms with Crippen LogP contribution in [0.4, 0.5) is 0 Å². The summed E-state index contributed by atoms with van der Waals surface area (Å²) in [6, 6.07) is 23.9. The van der Waals surface area contributed by atoms with Gasteiger partial charge < -0.3 is 19.3 Å². The van der Waals surface area contributed by atoms with Crippen LogP contribution in [0.15, 0.2) is 85.5 Å². The molecule has 0 amide bonds. The Labute approximate surface area is 195 Å². The predicted molar refractivity (Wildman–Crippen MR) is 130 cm³/mol. The predicted octanol–water partition coefficient (Wildman–Crippen LogP) is 5.57. The van der Waals surface area contributed by atoms with Gasteiger partial charge in [0.2, 0.25) is 0 Å². The van der Waals surface area contributed by atoms with E-state index in [1.807, 2.05) is 54.6 Å². The van der Waals surface area contributed by atoms with E-state index in [4.69, 9.17) is 19.3 Å². The topological polar surface area (TPSA) is 65.0 Å². The zero-order valence-electron chi connectivity index (χ0n) is 18.9. The molecule has 3 aromatic carbocycles. The van der Waals surface area contributed by atoms with E-state index in [0.29, 0.717) is 19.6 Å². The quantitative estimate of drug-likeness (QED) is 0.275. The van der Waals surface area contributed by atoms with Gasteiger partial charge in [-0.15, -0.1) is 6.58 Å². The van der Waals surface area contributed by atoms with E-state index in [1.165, 1.54) is 12.7 Å². The van der Waals surface area contributed by atoms with E-state index in [-0.39, 0.29) is 0 Å². The van der Waals surface area contributed by atoms with Gasteiger partial charge >= 0.3 is 5.97 Å². The van der Waals surface area contributed by atoms with Crippen LogP contribution in [0.5, 0.6) is 11.5 Å². The van der Waals surface area contributed by atoms with Gasteiger partial charge in [-0.25, -0.2) is 4.79 Å². The summed E-state index contributed by atoms with van der Waals surface area (Å²) >= 11 is 0. The van der Waals surface area contributed by atoms with Crippen molar-refractivity contribution in [2.45, 2.75) is 25.4 Å². The Balaban J connectivity index is 1.48. The van der Waals surface area contributed by atoms with Gasteiger partial charge in [-0.05, 0) is 52.9 Å². The fraction of sp³-hybridized carbons (Fsp3) is 0.250. The second-order valence-corrected chi connectivity index (χ2v) is 7.64. The van der Waals surface area contributed by atoms with Crippen molar-refractivity contribution in [1.82, 2.24) is 0 Å². The van der Waals surface area contributed by atoms with Crippen molar-refractivity contribution < 1.29 is 24.1 Å². The lowest BCUT2D eigenvalue weighted by Crippen LogP contribution is -2.24. The molecule has 0 saturated heterocycles. The van der Waals surface area contributed by atoms with Gasteiger partial charge in [-0.1, -0.05) is 54.6 Å². The summed E-state index contributed by atoms with van der Waals surface area (Å²) in [5, 5.41) is 9.08. The van der Waals surface area contributed by atoms with Crippen LogP contribution < -0.4 is 9.47 Å². The van der Waals surface area contributed by atoms with Crippen LogP contribution in [0.2, 0.25) is 0 Å². The molecule has 0 aliphatic carbocycles. The fourth-order valence-electron chi connectivity index (χ4n) is 3.48. The summed E-state index contributed by atoms with van der Waals surface area (Å²) in [7, 11) is 1.40. The highest BCUT2D eigenvalue weighted by Gasteiger charge is 2.16. The minimum atomic E-state index is -0.969. The van der Waals surface area contributed by atoms with Crippen molar-refractivity contribution >= 4 is 5.97 Å². The van der Waals surface area contributed by atoms with E-state index < -0.39 is 12.1 Å². The molecular formula is C28H30O5. The van der Waals surface area contributed by atoms with E-state index in [1.54, 1.807) is 0 Å². The normalized spacial score (nSPS) is 11.5. The number of hydrogen-bond donors (Lipinski definition) is 1. The monoisotopic (exact) mass is 446 g/mol. The second kappa shape index (κ2) is 12.5. The molecule has 3 aromatic rings. The molecule has 33 heavy (non-hydrogen) atoms. The molecular weight excluding hydrogens is 416 g/mol. The van der Waals surface area contributed by atoms with Gasteiger partial charge in [0.25, 0.3) is 0 Å². The molecule has 0 bridgehead atoms. The van der Waals surface area contributed by atoms with Gasteiger partial charge in [-0.3, -0.25) is 0 Å². The minimum absolute atomic E-state index is 0.316. The highest BCUT2D eigenvalue weighted by molar-refractivity contribution is 5.72. The third-order valence-corrected chi connectivity index (χ3v) is 5.25. The van der Waals surface area contributed by atoms with Crippen LogP contribution in [0, 0.1) is 0 Å². The maximum Gasteiger partial charge on any atom is 0.333 e. The molecule has 0 fully saturated rings. The molecule has 1 N–H and O–H groups in total. The Morgan fingerprint density at radius 3 is 2.36 bits per heavy atom.